The fourth-order valence-electron chi connectivity index (χ4n) is 7.21. The van der Waals surface area contributed by atoms with Crippen LogP contribution in [0.2, 0.25) is 0 Å². The molecule has 0 saturated heterocycles. The molecule has 1 fully saturated rings. The highest BCUT2D eigenvalue weighted by Crippen LogP contribution is 2.44. The van der Waals surface area contributed by atoms with E-state index in [1.807, 2.05) is 42.5 Å². The highest BCUT2D eigenvalue weighted by molar-refractivity contribution is 5.97. The molecule has 0 aromatic heterocycles. The fraction of sp³-hybridized carbons (Fsp3) is 0.432. The van der Waals surface area contributed by atoms with Crippen LogP contribution in [0.25, 0.3) is 11.1 Å². The van der Waals surface area contributed by atoms with E-state index in [-0.39, 0.29) is 37.1 Å². The summed E-state index contributed by atoms with van der Waals surface area (Å²) in [5.74, 6) is 0.928. The van der Waals surface area contributed by atoms with Crippen LogP contribution >= 0.6 is 0 Å². The number of nitrogens with one attached hydrogen (secondary N) is 3. The smallest absolute Gasteiger partial charge is 0.407 e. The van der Waals surface area contributed by atoms with Crippen LogP contribution in [0.1, 0.15) is 74.1 Å². The molecule has 1 saturated carbocycles. The number of carbonyl (C=O) groups excluding carboxylic acids is 2. The minimum atomic E-state index is -1.00. The van der Waals surface area contributed by atoms with Crippen LogP contribution in [0.4, 0.5) is 4.79 Å². The van der Waals surface area contributed by atoms with Crippen molar-refractivity contribution in [2.24, 2.45) is 0 Å². The number of alkyl carbamates (subject to hydrolysis) is 1. The molecule has 1 heterocycles. The molecule has 9 nitrogen and oxygen atoms in total. The molecule has 242 valence electrons. The molecule has 0 unspecified atom stereocenters. The normalized spacial score (nSPS) is 23.1. The number of hydrogen-bond donors (Lipinski definition) is 4. The zero-order chi connectivity index (χ0) is 32.5. The van der Waals surface area contributed by atoms with Crippen LogP contribution in [-0.2, 0) is 20.7 Å². The second kappa shape index (κ2) is 12.9. The lowest BCUT2D eigenvalue weighted by molar-refractivity contribution is -0.149. The van der Waals surface area contributed by atoms with Gasteiger partial charge in [-0.1, -0.05) is 48.5 Å². The lowest BCUT2D eigenvalue weighted by Crippen LogP contribution is -2.55. The van der Waals surface area contributed by atoms with Crippen molar-refractivity contribution in [1.29, 1.82) is 5.41 Å². The van der Waals surface area contributed by atoms with E-state index in [9.17, 15) is 14.7 Å². The summed E-state index contributed by atoms with van der Waals surface area (Å²) in [6.45, 7) is 3.32. The van der Waals surface area contributed by atoms with Crippen molar-refractivity contribution < 1.29 is 28.9 Å². The van der Waals surface area contributed by atoms with Gasteiger partial charge in [-0.15, -0.1) is 0 Å². The van der Waals surface area contributed by atoms with Crippen LogP contribution in [0.15, 0.2) is 66.7 Å². The molecular weight excluding hydrogens is 582 g/mol. The van der Waals surface area contributed by atoms with E-state index < -0.39 is 17.2 Å². The second-order valence-corrected chi connectivity index (χ2v) is 13.0. The molecule has 0 bridgehead atoms. The third-order valence-corrected chi connectivity index (χ3v) is 10.3. The number of fused-ring (bicyclic) bond motifs is 4. The van der Waals surface area contributed by atoms with E-state index in [1.165, 1.54) is 25.2 Å². The van der Waals surface area contributed by atoms with E-state index in [1.54, 1.807) is 6.92 Å². The van der Waals surface area contributed by atoms with E-state index in [2.05, 4.69) is 34.9 Å². The number of amides is 1. The highest BCUT2D eigenvalue weighted by Gasteiger charge is 2.43. The number of aliphatic hydroxyl groups is 1. The molecule has 1 aliphatic heterocycles. The van der Waals surface area contributed by atoms with Gasteiger partial charge in [0.25, 0.3) is 0 Å². The minimum absolute atomic E-state index is 0.0307. The molecule has 3 aliphatic rings. The molecule has 3 aromatic carbocycles. The average molecular weight is 626 g/mol. The van der Waals surface area contributed by atoms with Gasteiger partial charge in [0.05, 0.1) is 12.1 Å². The Kier molecular flexibility index (Phi) is 8.90. The van der Waals surface area contributed by atoms with Crippen LogP contribution in [0.3, 0.4) is 0 Å². The SMILES string of the molecule is CO[C@](C)(C(C)=O)[C@H]1CCc2cc(C(=N)NC3CCC(CO)(NC(=O)OCC4c5ccccc5-c5ccccc54)CC3)ccc2O1. The first-order valence-corrected chi connectivity index (χ1v) is 16.1. The summed E-state index contributed by atoms with van der Waals surface area (Å²) in [7, 11) is 1.53. The van der Waals surface area contributed by atoms with Gasteiger partial charge < -0.3 is 30.0 Å². The largest absolute Gasteiger partial charge is 0.487 e. The Morgan fingerprint density at radius 1 is 1.02 bits per heavy atom. The number of methoxy groups -OCH3 is 1. The molecule has 1 amide bonds. The summed E-state index contributed by atoms with van der Waals surface area (Å²) >= 11 is 0. The number of aliphatic hydroxyl groups excluding tert-OH is 1. The van der Waals surface area contributed by atoms with Crippen molar-refractivity contribution in [1.82, 2.24) is 10.6 Å². The predicted molar refractivity (Wildman–Crippen MR) is 176 cm³/mol. The third-order valence-electron chi connectivity index (χ3n) is 10.3. The maximum atomic E-state index is 13.0. The van der Waals surface area contributed by atoms with Crippen molar-refractivity contribution in [3.8, 4) is 16.9 Å². The van der Waals surface area contributed by atoms with Crippen molar-refractivity contribution in [3.63, 3.8) is 0 Å². The highest BCUT2D eigenvalue weighted by atomic mass is 16.6. The Morgan fingerprint density at radius 3 is 2.28 bits per heavy atom. The number of ether oxygens (including phenoxy) is 3. The zero-order valence-corrected chi connectivity index (χ0v) is 26.7. The Balaban J connectivity index is 1.01. The first-order chi connectivity index (χ1) is 22.2. The van der Waals surface area contributed by atoms with E-state index >= 15 is 0 Å². The Hall–Kier alpha value is -4.21. The summed E-state index contributed by atoms with van der Waals surface area (Å²) < 4.78 is 17.5. The van der Waals surface area contributed by atoms with Gasteiger partial charge in [-0.2, -0.15) is 0 Å². The van der Waals surface area contributed by atoms with Gasteiger partial charge in [0.1, 0.15) is 24.3 Å². The monoisotopic (exact) mass is 625 g/mol. The first kappa shape index (κ1) is 31.8. The van der Waals surface area contributed by atoms with Gasteiger partial charge >= 0.3 is 6.09 Å². The van der Waals surface area contributed by atoms with E-state index in [4.69, 9.17) is 19.6 Å². The molecular formula is C37H43N3O6. The van der Waals surface area contributed by atoms with Gasteiger partial charge in [-0.25, -0.2) is 4.79 Å². The molecule has 3 aromatic rings. The van der Waals surface area contributed by atoms with Gasteiger partial charge in [0.15, 0.2) is 11.4 Å². The number of amidine groups is 1. The minimum Gasteiger partial charge on any atom is -0.487 e. The van der Waals surface area contributed by atoms with Gasteiger partial charge in [-0.05, 0) is 98.4 Å². The number of hydrogen-bond acceptors (Lipinski definition) is 7. The zero-order valence-electron chi connectivity index (χ0n) is 26.7. The number of aryl methyl sites for hydroxylation is 1. The third kappa shape index (κ3) is 6.01. The number of carbonyl (C=O) groups is 2. The molecule has 9 heteroatoms. The van der Waals surface area contributed by atoms with Crippen LogP contribution < -0.4 is 15.4 Å². The summed E-state index contributed by atoms with van der Waals surface area (Å²) in [5.41, 5.74) is 4.64. The lowest BCUT2D eigenvalue weighted by Gasteiger charge is -2.39. The van der Waals surface area contributed by atoms with Crippen LogP contribution in [0, 0.1) is 5.41 Å². The standard InChI is InChI=1S/C37H43N3O6/c1-23(42)36(2,44-3)33-15-13-24-20-25(12-14-32(24)46-33)34(38)39-26-16-18-37(22-41,19-17-26)40-35(43)45-21-31-29-10-6-4-8-27(29)28-9-5-7-11-30(28)31/h4-12,14,20,26,31,33,41H,13,15-19,21-22H2,1-3H3,(H2,38,39)(H,40,43)/t26?,33-,36-,37?/m1/s1. The topological polar surface area (TPSA) is 130 Å². The van der Waals surface area contributed by atoms with Crippen LogP contribution in [-0.4, -0.2) is 66.4 Å². The summed E-state index contributed by atoms with van der Waals surface area (Å²) in [6.07, 6.45) is 2.95. The van der Waals surface area contributed by atoms with E-state index in [0.29, 0.717) is 43.7 Å². The Labute approximate surface area is 270 Å². The first-order valence-electron chi connectivity index (χ1n) is 16.1. The molecule has 2 aliphatic carbocycles. The van der Waals surface area contributed by atoms with Crippen molar-refractivity contribution in [3.05, 3.63) is 89.0 Å². The molecule has 0 spiro atoms. The van der Waals surface area contributed by atoms with Gasteiger partial charge in [-0.3, -0.25) is 10.2 Å². The number of ketones is 1. The number of rotatable bonds is 9. The summed E-state index contributed by atoms with van der Waals surface area (Å²) in [6, 6.07) is 22.2. The second-order valence-electron chi connectivity index (χ2n) is 13.0. The predicted octanol–water partition coefficient (Wildman–Crippen LogP) is 5.50. The molecule has 4 N–H and O–H groups in total. The Morgan fingerprint density at radius 2 is 1.67 bits per heavy atom. The van der Waals surface area contributed by atoms with Crippen LogP contribution in [0.5, 0.6) is 5.75 Å². The number of benzene rings is 3. The quantitative estimate of drug-likeness (QED) is 0.183. The lowest BCUT2D eigenvalue weighted by atomic mass is 9.80. The van der Waals surface area contributed by atoms with Crippen molar-refractivity contribution in [2.75, 3.05) is 20.3 Å². The summed E-state index contributed by atoms with van der Waals surface area (Å²) in [5, 5.41) is 25.4. The number of Topliss-reactive ketones (excluding diaryl/α,β-unsaturated/α-hetero) is 1. The maximum absolute atomic E-state index is 13.0. The molecule has 46 heavy (non-hydrogen) atoms. The molecule has 2 atom stereocenters. The summed E-state index contributed by atoms with van der Waals surface area (Å²) in [4.78, 5) is 25.2. The maximum Gasteiger partial charge on any atom is 0.407 e. The fourth-order valence-corrected chi connectivity index (χ4v) is 7.21. The molecule has 0 radical (unpaired) electrons. The van der Waals surface area contributed by atoms with Crippen molar-refractivity contribution in [2.45, 2.75) is 81.6 Å². The van der Waals surface area contributed by atoms with E-state index in [0.717, 1.165) is 28.7 Å². The average Bonchev–Trinajstić information content (AvgIpc) is 3.40. The Bertz CT molecular complexity index is 1590. The van der Waals surface area contributed by atoms with Gasteiger partial charge in [0.2, 0.25) is 0 Å². The van der Waals surface area contributed by atoms with Gasteiger partial charge in [0, 0.05) is 24.6 Å². The van der Waals surface area contributed by atoms with Crippen molar-refractivity contribution >= 4 is 17.7 Å². The molecule has 6 rings (SSSR count).